The van der Waals surface area contributed by atoms with Gasteiger partial charge in [0.15, 0.2) is 0 Å². The van der Waals surface area contributed by atoms with Crippen LogP contribution in [0.3, 0.4) is 0 Å². The standard InChI is InChI=1S/C22H16N4O4S/c27-21-14-5-15-3-1-2-4-20(15)22(21)26-25-17-8-6-16(7-9-17)23-24-18-10-12-19(13-11-18)31(28,29)30/h1-14,27H,(H,28,29,30). The van der Waals surface area contributed by atoms with Crippen LogP contribution >= 0.6 is 0 Å². The summed E-state index contributed by atoms with van der Waals surface area (Å²) in [6.07, 6.45) is 0. The first-order valence-electron chi connectivity index (χ1n) is 9.12. The van der Waals surface area contributed by atoms with Crippen LogP contribution in [0.25, 0.3) is 10.8 Å². The van der Waals surface area contributed by atoms with Crippen LogP contribution < -0.4 is 0 Å². The van der Waals surface area contributed by atoms with E-state index in [1.165, 1.54) is 24.3 Å². The van der Waals surface area contributed by atoms with Gasteiger partial charge in [0, 0.05) is 5.39 Å². The molecule has 0 saturated heterocycles. The van der Waals surface area contributed by atoms with E-state index in [-0.39, 0.29) is 10.6 Å². The molecule has 2 N–H and O–H groups in total. The van der Waals surface area contributed by atoms with Gasteiger partial charge in [-0.05, 0) is 60.0 Å². The summed E-state index contributed by atoms with van der Waals surface area (Å²) in [6.45, 7) is 0. The summed E-state index contributed by atoms with van der Waals surface area (Å²) < 4.78 is 31.1. The summed E-state index contributed by atoms with van der Waals surface area (Å²) in [4.78, 5) is -0.210. The highest BCUT2D eigenvalue weighted by Gasteiger charge is 2.08. The summed E-state index contributed by atoms with van der Waals surface area (Å²) in [6, 6.07) is 23.2. The third-order valence-corrected chi connectivity index (χ3v) is 5.28. The number of benzene rings is 4. The Hall–Kier alpha value is -3.95. The van der Waals surface area contributed by atoms with Crippen molar-refractivity contribution in [3.8, 4) is 5.75 Å². The molecule has 0 fully saturated rings. The lowest BCUT2D eigenvalue weighted by Gasteiger charge is -2.03. The third-order valence-electron chi connectivity index (χ3n) is 4.41. The second kappa shape index (κ2) is 8.42. The Bertz CT molecular complexity index is 1400. The van der Waals surface area contributed by atoms with Gasteiger partial charge in [-0.2, -0.15) is 23.8 Å². The molecule has 0 radical (unpaired) electrons. The van der Waals surface area contributed by atoms with Crippen molar-refractivity contribution in [2.45, 2.75) is 4.90 Å². The minimum atomic E-state index is -4.24. The number of azo groups is 2. The number of phenols is 1. The molecule has 0 saturated carbocycles. The van der Waals surface area contributed by atoms with Gasteiger partial charge >= 0.3 is 0 Å². The molecule has 4 aromatic carbocycles. The number of aromatic hydroxyl groups is 1. The minimum Gasteiger partial charge on any atom is -0.506 e. The summed E-state index contributed by atoms with van der Waals surface area (Å²) in [5.74, 6) is 0.0490. The molecule has 4 rings (SSSR count). The van der Waals surface area contributed by atoms with E-state index in [4.69, 9.17) is 4.55 Å². The van der Waals surface area contributed by atoms with E-state index in [2.05, 4.69) is 20.5 Å². The maximum absolute atomic E-state index is 11.1. The van der Waals surface area contributed by atoms with Crippen LogP contribution in [-0.2, 0) is 10.1 Å². The summed E-state index contributed by atoms with van der Waals surface area (Å²) >= 11 is 0. The molecule has 0 aliphatic heterocycles. The van der Waals surface area contributed by atoms with Crippen molar-refractivity contribution in [1.29, 1.82) is 0 Å². The predicted octanol–water partition coefficient (Wildman–Crippen LogP) is 6.62. The van der Waals surface area contributed by atoms with Crippen LogP contribution in [0.2, 0.25) is 0 Å². The fourth-order valence-corrected chi connectivity index (χ4v) is 3.32. The van der Waals surface area contributed by atoms with Crippen molar-refractivity contribution < 1.29 is 18.1 Å². The smallest absolute Gasteiger partial charge is 0.294 e. The van der Waals surface area contributed by atoms with Gasteiger partial charge in [0.2, 0.25) is 0 Å². The second-order valence-corrected chi connectivity index (χ2v) is 7.96. The quantitative estimate of drug-likeness (QED) is 0.271. The number of hydrogen-bond donors (Lipinski definition) is 2. The number of phenolic OH excluding ortho intramolecular Hbond substituents is 1. The number of hydrogen-bond acceptors (Lipinski definition) is 7. The fraction of sp³-hybridized carbons (Fsp3) is 0. The third kappa shape index (κ3) is 4.80. The maximum Gasteiger partial charge on any atom is 0.294 e. The Balaban J connectivity index is 1.50. The largest absolute Gasteiger partial charge is 0.506 e. The highest BCUT2D eigenvalue weighted by molar-refractivity contribution is 7.85. The molecule has 0 aromatic heterocycles. The number of rotatable bonds is 5. The Morgan fingerprint density at radius 2 is 1.13 bits per heavy atom. The molecule has 4 aromatic rings. The number of nitrogens with zero attached hydrogens (tertiary/aromatic N) is 4. The molecule has 31 heavy (non-hydrogen) atoms. The average molecular weight is 432 g/mol. The minimum absolute atomic E-state index is 0.0490. The van der Waals surface area contributed by atoms with E-state index in [1.54, 1.807) is 30.3 Å². The van der Waals surface area contributed by atoms with Crippen LogP contribution in [-0.4, -0.2) is 18.1 Å². The molecule has 0 unspecified atom stereocenters. The molecule has 0 bridgehead atoms. The van der Waals surface area contributed by atoms with Gasteiger partial charge in [0.25, 0.3) is 10.1 Å². The summed E-state index contributed by atoms with van der Waals surface area (Å²) in [5.41, 5.74) is 1.97. The maximum atomic E-state index is 11.1. The molecule has 0 atom stereocenters. The zero-order chi connectivity index (χ0) is 21.8. The van der Waals surface area contributed by atoms with Gasteiger partial charge in [0.05, 0.1) is 22.0 Å². The first-order valence-corrected chi connectivity index (χ1v) is 10.6. The van der Waals surface area contributed by atoms with Crippen molar-refractivity contribution in [2.75, 3.05) is 0 Å². The Kier molecular flexibility index (Phi) is 5.52. The van der Waals surface area contributed by atoms with Gasteiger partial charge in [-0.3, -0.25) is 4.55 Å². The van der Waals surface area contributed by atoms with E-state index < -0.39 is 10.1 Å². The lowest BCUT2D eigenvalue weighted by atomic mass is 10.1. The second-order valence-electron chi connectivity index (χ2n) is 6.54. The normalized spacial score (nSPS) is 12.2. The van der Waals surface area contributed by atoms with Gasteiger partial charge in [-0.15, -0.1) is 5.11 Å². The molecule has 0 aliphatic carbocycles. The van der Waals surface area contributed by atoms with Gasteiger partial charge in [-0.25, -0.2) is 0 Å². The molecule has 8 nitrogen and oxygen atoms in total. The molecule has 9 heteroatoms. The van der Waals surface area contributed by atoms with E-state index >= 15 is 0 Å². The van der Waals surface area contributed by atoms with Gasteiger partial charge in [-0.1, -0.05) is 30.3 Å². The zero-order valence-corrected chi connectivity index (χ0v) is 16.8. The molecule has 0 heterocycles. The van der Waals surface area contributed by atoms with Gasteiger partial charge < -0.3 is 5.11 Å². The lowest BCUT2D eigenvalue weighted by molar-refractivity contribution is 0.477. The monoisotopic (exact) mass is 432 g/mol. The van der Waals surface area contributed by atoms with E-state index in [9.17, 15) is 13.5 Å². The van der Waals surface area contributed by atoms with Crippen molar-refractivity contribution in [3.63, 3.8) is 0 Å². The van der Waals surface area contributed by atoms with Crippen LogP contribution in [0.1, 0.15) is 0 Å². The van der Waals surface area contributed by atoms with Crippen molar-refractivity contribution >= 4 is 43.6 Å². The lowest BCUT2D eigenvalue weighted by Crippen LogP contribution is -1.96. The molecule has 154 valence electrons. The molecular formula is C22H16N4O4S. The SMILES string of the molecule is O=S(=O)(O)c1ccc(N=Nc2ccc(N=Nc3c(O)ccc4ccccc34)cc2)cc1. The Labute approximate surface area is 178 Å². The molecular weight excluding hydrogens is 416 g/mol. The predicted molar refractivity (Wildman–Crippen MR) is 117 cm³/mol. The van der Waals surface area contributed by atoms with Crippen LogP contribution in [0.15, 0.2) is 110 Å². The highest BCUT2D eigenvalue weighted by Crippen LogP contribution is 2.36. The zero-order valence-electron chi connectivity index (χ0n) is 16.0. The fourth-order valence-electron chi connectivity index (χ4n) is 2.84. The van der Waals surface area contributed by atoms with E-state index in [0.717, 1.165) is 10.8 Å². The molecule has 0 aliphatic rings. The van der Waals surface area contributed by atoms with Crippen molar-refractivity contribution in [2.24, 2.45) is 20.5 Å². The summed E-state index contributed by atoms with van der Waals surface area (Å²) in [7, 11) is -4.24. The van der Waals surface area contributed by atoms with E-state index in [0.29, 0.717) is 22.7 Å². The van der Waals surface area contributed by atoms with E-state index in [1.807, 2.05) is 30.3 Å². The van der Waals surface area contributed by atoms with Crippen LogP contribution in [0.4, 0.5) is 22.7 Å². The van der Waals surface area contributed by atoms with Crippen LogP contribution in [0.5, 0.6) is 5.75 Å². The Morgan fingerprint density at radius 3 is 1.71 bits per heavy atom. The average Bonchev–Trinajstić information content (AvgIpc) is 2.77. The number of fused-ring (bicyclic) bond motifs is 1. The van der Waals surface area contributed by atoms with Gasteiger partial charge in [0.1, 0.15) is 11.4 Å². The topological polar surface area (TPSA) is 124 Å². The molecule has 0 amide bonds. The highest BCUT2D eigenvalue weighted by atomic mass is 32.2. The van der Waals surface area contributed by atoms with Crippen molar-refractivity contribution in [1.82, 2.24) is 0 Å². The Morgan fingerprint density at radius 1 is 0.613 bits per heavy atom. The first-order chi connectivity index (χ1) is 14.9. The molecule has 0 spiro atoms. The van der Waals surface area contributed by atoms with Crippen molar-refractivity contribution in [3.05, 3.63) is 84.9 Å². The summed E-state index contributed by atoms with van der Waals surface area (Å²) in [5, 5.41) is 28.4. The van der Waals surface area contributed by atoms with Crippen LogP contribution in [0, 0.1) is 0 Å². The first kappa shape index (κ1) is 20.3.